The SMILES string of the molecule is CCc1ccc2cc(C(=O)NC[C@](O)(c3cc4c(c(-c5ccc(F)cc5)n3)OC[C@H]4C)C(F)(F)F)cc(O)c2n1. The minimum atomic E-state index is -5.24. The minimum Gasteiger partial charge on any atom is -0.506 e. The lowest BCUT2D eigenvalue weighted by Gasteiger charge is -2.31. The molecule has 3 N–H and O–H groups in total. The maximum Gasteiger partial charge on any atom is 0.424 e. The zero-order valence-electron chi connectivity index (χ0n) is 21.5. The van der Waals surface area contributed by atoms with Crippen LogP contribution in [0.3, 0.4) is 0 Å². The van der Waals surface area contributed by atoms with E-state index in [1.165, 1.54) is 18.2 Å². The lowest BCUT2D eigenvalue weighted by molar-refractivity contribution is -0.265. The third kappa shape index (κ3) is 4.81. The van der Waals surface area contributed by atoms with Crippen molar-refractivity contribution >= 4 is 16.8 Å². The number of phenols is 1. The summed E-state index contributed by atoms with van der Waals surface area (Å²) in [5.41, 5.74) is -2.74. The number of amides is 1. The van der Waals surface area contributed by atoms with Crippen molar-refractivity contribution in [2.45, 2.75) is 38.0 Å². The molecule has 5 rings (SSSR count). The maximum absolute atomic E-state index is 14.5. The zero-order chi connectivity index (χ0) is 28.8. The van der Waals surface area contributed by atoms with Crippen LogP contribution in [0.5, 0.6) is 11.5 Å². The van der Waals surface area contributed by atoms with Crippen molar-refractivity contribution in [2.75, 3.05) is 13.2 Å². The molecule has 0 bridgehead atoms. The minimum absolute atomic E-state index is 0.0178. The fourth-order valence-electron chi connectivity index (χ4n) is 4.62. The molecule has 1 aliphatic heterocycles. The van der Waals surface area contributed by atoms with Gasteiger partial charge in [-0.3, -0.25) is 4.79 Å². The Morgan fingerprint density at radius 2 is 1.82 bits per heavy atom. The number of fused-ring (bicyclic) bond motifs is 2. The van der Waals surface area contributed by atoms with E-state index in [-0.39, 0.29) is 40.8 Å². The number of carbonyl (C=O) groups is 1. The fourth-order valence-corrected chi connectivity index (χ4v) is 4.62. The summed E-state index contributed by atoms with van der Waals surface area (Å²) in [5.74, 6) is -1.84. The number of rotatable bonds is 6. The molecule has 1 amide bonds. The molecule has 2 atom stereocenters. The molecule has 0 spiro atoms. The Hall–Kier alpha value is -4.25. The first-order valence-electron chi connectivity index (χ1n) is 12.6. The Bertz CT molecular complexity index is 1610. The summed E-state index contributed by atoms with van der Waals surface area (Å²) in [5, 5.41) is 24.0. The molecule has 3 heterocycles. The predicted molar refractivity (Wildman–Crippen MR) is 139 cm³/mol. The lowest BCUT2D eigenvalue weighted by Crippen LogP contribution is -2.51. The third-order valence-electron chi connectivity index (χ3n) is 6.98. The molecule has 7 nitrogen and oxygen atoms in total. The third-order valence-corrected chi connectivity index (χ3v) is 6.98. The van der Waals surface area contributed by atoms with Gasteiger partial charge in [-0.05, 0) is 55.0 Å². The predicted octanol–water partition coefficient (Wildman–Crippen LogP) is 5.38. The van der Waals surface area contributed by atoms with E-state index in [9.17, 15) is 32.6 Å². The number of hydrogen-bond donors (Lipinski definition) is 3. The van der Waals surface area contributed by atoms with Crippen LogP contribution in [0.4, 0.5) is 17.6 Å². The first-order chi connectivity index (χ1) is 18.9. The highest BCUT2D eigenvalue weighted by atomic mass is 19.4. The van der Waals surface area contributed by atoms with Gasteiger partial charge in [0.15, 0.2) is 0 Å². The summed E-state index contributed by atoms with van der Waals surface area (Å²) in [6.45, 7) is 2.57. The van der Waals surface area contributed by atoms with Gasteiger partial charge in [-0.15, -0.1) is 0 Å². The molecule has 0 unspecified atom stereocenters. The van der Waals surface area contributed by atoms with Crippen LogP contribution in [-0.2, 0) is 12.0 Å². The number of aliphatic hydroxyl groups is 1. The molecule has 2 aromatic carbocycles. The van der Waals surface area contributed by atoms with Gasteiger partial charge in [0.2, 0.25) is 5.60 Å². The topological polar surface area (TPSA) is 105 Å². The zero-order valence-corrected chi connectivity index (χ0v) is 21.5. The number of aryl methyl sites for hydroxylation is 1. The van der Waals surface area contributed by atoms with Crippen molar-refractivity contribution in [1.29, 1.82) is 0 Å². The Balaban J connectivity index is 1.51. The molecule has 0 saturated carbocycles. The summed E-state index contributed by atoms with van der Waals surface area (Å²) in [7, 11) is 0. The van der Waals surface area contributed by atoms with Crippen LogP contribution in [0, 0.1) is 5.82 Å². The lowest BCUT2D eigenvalue weighted by atomic mass is 9.92. The number of alkyl halides is 3. The van der Waals surface area contributed by atoms with Gasteiger partial charge in [0.25, 0.3) is 5.91 Å². The second-order valence-electron chi connectivity index (χ2n) is 9.76. The average Bonchev–Trinajstić information content (AvgIpc) is 3.31. The molecule has 4 aromatic rings. The number of phenolic OH excluding ortho intramolecular Hbond substituents is 1. The smallest absolute Gasteiger partial charge is 0.424 e. The summed E-state index contributed by atoms with van der Waals surface area (Å²) in [6.07, 6.45) is -4.62. The standard InChI is InChI=1S/C29H25F4N3O4/c1-3-20-9-6-17-10-18(11-22(37)24(17)35-20)27(38)34-14-28(39,29(31,32)33)23-12-21-15(2)13-40-26(21)25(36-23)16-4-7-19(30)8-5-16/h4-12,15,37,39H,3,13-14H2,1-2H3,(H,34,38)/t15-,28+/m1/s1. The van der Waals surface area contributed by atoms with E-state index >= 15 is 0 Å². The van der Waals surface area contributed by atoms with Crippen molar-refractivity contribution in [3.63, 3.8) is 0 Å². The van der Waals surface area contributed by atoms with Crippen LogP contribution in [0.2, 0.25) is 0 Å². The van der Waals surface area contributed by atoms with Crippen molar-refractivity contribution < 1.29 is 37.3 Å². The van der Waals surface area contributed by atoms with Crippen molar-refractivity contribution in [1.82, 2.24) is 15.3 Å². The van der Waals surface area contributed by atoms with E-state index in [0.29, 0.717) is 22.9 Å². The molecule has 1 aliphatic rings. The largest absolute Gasteiger partial charge is 0.506 e. The van der Waals surface area contributed by atoms with Crippen LogP contribution in [0.1, 0.15) is 47.1 Å². The van der Waals surface area contributed by atoms with Gasteiger partial charge in [-0.1, -0.05) is 19.9 Å². The summed E-state index contributed by atoms with van der Waals surface area (Å²) in [6, 6.07) is 12.0. The fraction of sp³-hybridized carbons (Fsp3) is 0.276. The second-order valence-corrected chi connectivity index (χ2v) is 9.76. The van der Waals surface area contributed by atoms with Crippen molar-refractivity contribution in [3.8, 4) is 22.8 Å². The molecular formula is C29H25F4N3O4. The molecule has 0 radical (unpaired) electrons. The highest BCUT2D eigenvalue weighted by Crippen LogP contribution is 2.45. The molecule has 0 saturated heterocycles. The molecule has 0 fully saturated rings. The number of aromatic nitrogens is 2. The quantitative estimate of drug-likeness (QED) is 0.276. The van der Waals surface area contributed by atoms with E-state index in [4.69, 9.17) is 4.74 Å². The number of pyridine rings is 2. The number of carbonyl (C=O) groups excluding carboxylic acids is 1. The van der Waals surface area contributed by atoms with Gasteiger partial charge >= 0.3 is 6.18 Å². The number of benzene rings is 2. The van der Waals surface area contributed by atoms with Crippen LogP contribution < -0.4 is 10.1 Å². The van der Waals surface area contributed by atoms with Gasteiger partial charge in [-0.25, -0.2) is 14.4 Å². The molecular weight excluding hydrogens is 530 g/mol. The molecule has 208 valence electrons. The van der Waals surface area contributed by atoms with Gasteiger partial charge in [0, 0.05) is 33.7 Å². The van der Waals surface area contributed by atoms with E-state index in [2.05, 4.69) is 15.3 Å². The van der Waals surface area contributed by atoms with Crippen LogP contribution in [0.15, 0.2) is 54.6 Å². The van der Waals surface area contributed by atoms with Gasteiger partial charge in [0.1, 0.15) is 28.5 Å². The maximum atomic E-state index is 14.5. The number of aromatic hydroxyl groups is 1. The molecule has 11 heteroatoms. The van der Waals surface area contributed by atoms with Gasteiger partial charge in [-0.2, -0.15) is 13.2 Å². The highest BCUT2D eigenvalue weighted by molar-refractivity contribution is 5.99. The summed E-state index contributed by atoms with van der Waals surface area (Å²) >= 11 is 0. The van der Waals surface area contributed by atoms with Crippen molar-refractivity contribution in [3.05, 3.63) is 82.9 Å². The first kappa shape index (κ1) is 27.3. The Labute approximate surface area is 226 Å². The number of nitrogens with zero attached hydrogens (tertiary/aromatic N) is 2. The second kappa shape index (κ2) is 10.1. The van der Waals surface area contributed by atoms with E-state index in [0.717, 1.165) is 30.0 Å². The van der Waals surface area contributed by atoms with Crippen LogP contribution in [0.25, 0.3) is 22.2 Å². The average molecular weight is 556 g/mol. The molecule has 0 aliphatic carbocycles. The van der Waals surface area contributed by atoms with E-state index < -0.39 is 35.7 Å². The Morgan fingerprint density at radius 1 is 1.10 bits per heavy atom. The molecule has 40 heavy (non-hydrogen) atoms. The molecule has 2 aromatic heterocycles. The number of hydrogen-bond acceptors (Lipinski definition) is 6. The summed E-state index contributed by atoms with van der Waals surface area (Å²) in [4.78, 5) is 21.4. The summed E-state index contributed by atoms with van der Waals surface area (Å²) < 4.78 is 62.6. The first-order valence-corrected chi connectivity index (χ1v) is 12.6. The normalized spacial score (nSPS) is 16.3. The number of ether oxygens (including phenoxy) is 1. The Morgan fingerprint density at radius 3 is 2.50 bits per heavy atom. The van der Waals surface area contributed by atoms with Gasteiger partial charge in [0.05, 0.1) is 18.8 Å². The van der Waals surface area contributed by atoms with Gasteiger partial charge < -0.3 is 20.3 Å². The number of nitrogens with one attached hydrogen (secondary N) is 1. The Kier molecular flexibility index (Phi) is 6.87. The van der Waals surface area contributed by atoms with Crippen LogP contribution >= 0.6 is 0 Å². The van der Waals surface area contributed by atoms with Crippen LogP contribution in [-0.4, -0.2) is 45.4 Å². The monoisotopic (exact) mass is 555 g/mol. The number of halogens is 4. The van der Waals surface area contributed by atoms with E-state index in [1.807, 2.05) is 6.92 Å². The highest BCUT2D eigenvalue weighted by Gasteiger charge is 2.57. The van der Waals surface area contributed by atoms with E-state index in [1.54, 1.807) is 19.1 Å². The van der Waals surface area contributed by atoms with Crippen molar-refractivity contribution in [2.24, 2.45) is 0 Å².